The van der Waals surface area contributed by atoms with Crippen LogP contribution >= 0.6 is 0 Å². The highest BCUT2D eigenvalue weighted by atomic mass is 15.2. The highest BCUT2D eigenvalue weighted by Crippen LogP contribution is 2.37. The van der Waals surface area contributed by atoms with Gasteiger partial charge >= 0.3 is 0 Å². The predicted octanol–water partition coefficient (Wildman–Crippen LogP) is 5.76. The number of benzene rings is 2. The van der Waals surface area contributed by atoms with Crippen LogP contribution < -0.4 is 0 Å². The van der Waals surface area contributed by atoms with Gasteiger partial charge in [0, 0.05) is 18.6 Å². The van der Waals surface area contributed by atoms with Crippen molar-refractivity contribution in [2.24, 2.45) is 0 Å². The summed E-state index contributed by atoms with van der Waals surface area (Å²) in [5.41, 5.74) is 4.67. The summed E-state index contributed by atoms with van der Waals surface area (Å²) in [7, 11) is 0. The third kappa shape index (κ3) is 4.22. The summed E-state index contributed by atoms with van der Waals surface area (Å²) >= 11 is 0. The van der Waals surface area contributed by atoms with E-state index in [1.54, 1.807) is 5.57 Å². The maximum Gasteiger partial charge on any atom is 0.0288 e. The van der Waals surface area contributed by atoms with E-state index in [4.69, 9.17) is 0 Å². The molecule has 2 atom stereocenters. The Morgan fingerprint density at radius 3 is 2.16 bits per heavy atom. The number of nitrogens with zero attached hydrogens (tertiary/aromatic N) is 1. The lowest BCUT2D eigenvalue weighted by Gasteiger charge is -2.34. The summed E-state index contributed by atoms with van der Waals surface area (Å²) in [6, 6.07) is 23.3. The molecule has 2 unspecified atom stereocenters. The second kappa shape index (κ2) is 8.01. The van der Waals surface area contributed by atoms with Crippen LogP contribution in [0.2, 0.25) is 0 Å². The van der Waals surface area contributed by atoms with E-state index >= 15 is 0 Å². The van der Waals surface area contributed by atoms with E-state index in [1.807, 2.05) is 0 Å². The Morgan fingerprint density at radius 1 is 0.760 bits per heavy atom. The molecule has 2 aliphatic rings. The van der Waals surface area contributed by atoms with Crippen molar-refractivity contribution in [1.82, 2.24) is 4.90 Å². The van der Waals surface area contributed by atoms with E-state index in [0.29, 0.717) is 6.04 Å². The molecular weight excluding hydrogens is 302 g/mol. The summed E-state index contributed by atoms with van der Waals surface area (Å²) in [4.78, 5) is 2.74. The smallest absolute Gasteiger partial charge is 0.0288 e. The predicted molar refractivity (Wildman–Crippen MR) is 105 cm³/mol. The molecule has 0 aromatic heterocycles. The Balaban J connectivity index is 1.28. The number of hydrogen-bond acceptors (Lipinski definition) is 1. The van der Waals surface area contributed by atoms with E-state index in [0.717, 1.165) is 12.6 Å². The number of fused-ring (bicyclic) bond motifs is 2. The quantitative estimate of drug-likeness (QED) is 0.460. The molecule has 1 fully saturated rings. The largest absolute Gasteiger partial charge is 0.289 e. The molecule has 0 aliphatic carbocycles. The zero-order valence-electron chi connectivity index (χ0n) is 15.1. The molecule has 2 aromatic rings. The standard InChI is InChI=1S/C24H29N/c1-3-9-20(10-4-1)11-7-8-14-22-17-23-15-16-24(18-22)25(23)19-21-12-5-2-6-13-21/h1-6,9-10,12-13,17,23-24H,7-8,11,14-16,18-19H2. The van der Waals surface area contributed by atoms with Crippen LogP contribution in [0.1, 0.15) is 49.7 Å². The third-order valence-corrected chi connectivity index (χ3v) is 5.88. The van der Waals surface area contributed by atoms with Crippen LogP contribution in [0.5, 0.6) is 0 Å². The van der Waals surface area contributed by atoms with Crippen LogP contribution in [0, 0.1) is 0 Å². The Kier molecular flexibility index (Phi) is 5.32. The molecule has 0 saturated carbocycles. The molecule has 1 saturated heterocycles. The number of rotatable bonds is 7. The van der Waals surface area contributed by atoms with Gasteiger partial charge in [-0.25, -0.2) is 0 Å². The molecule has 0 spiro atoms. The Bertz CT molecular complexity index is 689. The molecule has 130 valence electrons. The first-order chi connectivity index (χ1) is 12.4. The van der Waals surface area contributed by atoms with Gasteiger partial charge in [-0.15, -0.1) is 0 Å². The lowest BCUT2D eigenvalue weighted by Crippen LogP contribution is -2.37. The maximum atomic E-state index is 2.74. The fraction of sp³-hybridized carbons (Fsp3) is 0.417. The van der Waals surface area contributed by atoms with Gasteiger partial charge in [0.05, 0.1) is 0 Å². The molecule has 1 nitrogen and oxygen atoms in total. The lowest BCUT2D eigenvalue weighted by atomic mass is 9.95. The third-order valence-electron chi connectivity index (χ3n) is 5.88. The van der Waals surface area contributed by atoms with Gasteiger partial charge in [-0.1, -0.05) is 72.3 Å². The summed E-state index contributed by atoms with van der Waals surface area (Å²) in [6.45, 7) is 1.12. The average molecular weight is 332 g/mol. The molecule has 2 aromatic carbocycles. The van der Waals surface area contributed by atoms with Crippen molar-refractivity contribution >= 4 is 0 Å². The summed E-state index contributed by atoms with van der Waals surface area (Å²) in [5.74, 6) is 0. The van der Waals surface area contributed by atoms with Crippen LogP contribution in [-0.2, 0) is 13.0 Å². The fourth-order valence-electron chi connectivity index (χ4n) is 4.56. The molecule has 0 amide bonds. The van der Waals surface area contributed by atoms with Crippen molar-refractivity contribution in [3.8, 4) is 0 Å². The zero-order chi connectivity index (χ0) is 16.9. The minimum atomic E-state index is 0.683. The molecule has 2 heterocycles. The molecule has 2 bridgehead atoms. The Hall–Kier alpha value is -1.86. The van der Waals surface area contributed by atoms with E-state index in [-0.39, 0.29) is 0 Å². The van der Waals surface area contributed by atoms with Gasteiger partial charge in [0.15, 0.2) is 0 Å². The topological polar surface area (TPSA) is 3.24 Å². The highest BCUT2D eigenvalue weighted by Gasteiger charge is 2.35. The van der Waals surface area contributed by atoms with Gasteiger partial charge in [-0.3, -0.25) is 4.90 Å². The fourth-order valence-corrected chi connectivity index (χ4v) is 4.56. The first-order valence-corrected chi connectivity index (χ1v) is 9.91. The van der Waals surface area contributed by atoms with E-state index in [9.17, 15) is 0 Å². The van der Waals surface area contributed by atoms with E-state index < -0.39 is 0 Å². The molecule has 1 heteroatoms. The molecule has 25 heavy (non-hydrogen) atoms. The van der Waals surface area contributed by atoms with Crippen molar-refractivity contribution in [3.05, 3.63) is 83.4 Å². The van der Waals surface area contributed by atoms with Crippen LogP contribution in [0.15, 0.2) is 72.3 Å². The Morgan fingerprint density at radius 2 is 1.44 bits per heavy atom. The second-order valence-electron chi connectivity index (χ2n) is 7.68. The summed E-state index contributed by atoms with van der Waals surface area (Å²) < 4.78 is 0. The van der Waals surface area contributed by atoms with Gasteiger partial charge in [-0.2, -0.15) is 0 Å². The van der Waals surface area contributed by atoms with Crippen molar-refractivity contribution in [2.45, 2.75) is 63.6 Å². The van der Waals surface area contributed by atoms with Gasteiger partial charge < -0.3 is 0 Å². The first-order valence-electron chi connectivity index (χ1n) is 9.91. The lowest BCUT2D eigenvalue weighted by molar-refractivity contribution is 0.194. The molecule has 2 aliphatic heterocycles. The normalized spacial score (nSPS) is 22.8. The molecule has 4 rings (SSSR count). The van der Waals surface area contributed by atoms with Gasteiger partial charge in [0.1, 0.15) is 0 Å². The number of unbranched alkanes of at least 4 members (excludes halogenated alkanes) is 1. The highest BCUT2D eigenvalue weighted by molar-refractivity contribution is 5.21. The van der Waals surface area contributed by atoms with E-state index in [1.165, 1.54) is 56.1 Å². The minimum Gasteiger partial charge on any atom is -0.289 e. The van der Waals surface area contributed by atoms with Crippen molar-refractivity contribution in [2.75, 3.05) is 0 Å². The minimum absolute atomic E-state index is 0.683. The first kappa shape index (κ1) is 16.6. The number of aryl methyl sites for hydroxylation is 1. The molecule has 0 N–H and O–H groups in total. The van der Waals surface area contributed by atoms with Gasteiger partial charge in [0.25, 0.3) is 0 Å². The molecule has 0 radical (unpaired) electrons. The maximum absolute atomic E-state index is 2.74. The van der Waals surface area contributed by atoms with Gasteiger partial charge in [0.2, 0.25) is 0 Å². The summed E-state index contributed by atoms with van der Waals surface area (Å²) in [5, 5.41) is 0. The average Bonchev–Trinajstić information content (AvgIpc) is 2.89. The van der Waals surface area contributed by atoms with Gasteiger partial charge in [-0.05, 0) is 56.1 Å². The van der Waals surface area contributed by atoms with Crippen LogP contribution in [0.25, 0.3) is 0 Å². The van der Waals surface area contributed by atoms with E-state index in [2.05, 4.69) is 71.6 Å². The van der Waals surface area contributed by atoms with Crippen LogP contribution in [0.3, 0.4) is 0 Å². The van der Waals surface area contributed by atoms with Crippen LogP contribution in [0.4, 0.5) is 0 Å². The monoisotopic (exact) mass is 331 g/mol. The number of hydrogen-bond donors (Lipinski definition) is 0. The summed E-state index contributed by atoms with van der Waals surface area (Å²) in [6.07, 6.45) is 11.8. The molecular formula is C24H29N. The second-order valence-corrected chi connectivity index (χ2v) is 7.68. The van der Waals surface area contributed by atoms with Crippen molar-refractivity contribution < 1.29 is 0 Å². The van der Waals surface area contributed by atoms with Crippen LogP contribution in [-0.4, -0.2) is 17.0 Å². The Labute approximate surface area is 152 Å². The van der Waals surface area contributed by atoms with Crippen molar-refractivity contribution in [3.63, 3.8) is 0 Å². The SMILES string of the molecule is C1=C(CCCCc2ccccc2)CC2CCC1N2Cc1ccccc1. The zero-order valence-corrected chi connectivity index (χ0v) is 15.1. The van der Waals surface area contributed by atoms with Crippen molar-refractivity contribution in [1.29, 1.82) is 0 Å².